The van der Waals surface area contributed by atoms with Crippen molar-refractivity contribution in [1.82, 2.24) is 20.1 Å². The Morgan fingerprint density at radius 3 is 2.52 bits per heavy atom. The lowest BCUT2D eigenvalue weighted by molar-refractivity contribution is -0.136. The summed E-state index contributed by atoms with van der Waals surface area (Å²) in [5.41, 5.74) is 1.30. The molecule has 0 radical (unpaired) electrons. The molecule has 2 aromatic heterocycles. The standard InChI is InChI=1S/C16H14ClN5O2S/c1-10(13-6-7-14(17)25-13)20-15(23)16(24)21-11-2-4-12(5-3-11)22-9-18-8-19-22/h2-10H,1H3,(H,20,23)(H,21,24). The van der Waals surface area contributed by atoms with Crippen molar-refractivity contribution in [1.29, 1.82) is 0 Å². The van der Waals surface area contributed by atoms with E-state index in [4.69, 9.17) is 11.6 Å². The SMILES string of the molecule is CC(NC(=O)C(=O)Nc1ccc(-n2cncn2)cc1)c1ccc(Cl)s1. The molecule has 1 unspecified atom stereocenters. The Bertz CT molecular complexity index is 876. The number of rotatable bonds is 4. The van der Waals surface area contributed by atoms with Crippen molar-refractivity contribution in [2.24, 2.45) is 0 Å². The third kappa shape index (κ3) is 4.23. The van der Waals surface area contributed by atoms with Crippen LogP contribution in [0.25, 0.3) is 5.69 Å². The molecule has 0 bridgehead atoms. The van der Waals surface area contributed by atoms with Gasteiger partial charge in [0.25, 0.3) is 0 Å². The summed E-state index contributed by atoms with van der Waals surface area (Å²) in [6.07, 6.45) is 3.00. The molecular weight excluding hydrogens is 362 g/mol. The fourth-order valence-electron chi connectivity index (χ4n) is 2.12. The second-order valence-corrected chi connectivity index (χ2v) is 6.92. The van der Waals surface area contributed by atoms with Crippen LogP contribution in [0.4, 0.5) is 5.69 Å². The van der Waals surface area contributed by atoms with Gasteiger partial charge in [-0.2, -0.15) is 5.10 Å². The van der Waals surface area contributed by atoms with E-state index in [0.717, 1.165) is 10.6 Å². The number of nitrogens with zero attached hydrogens (tertiary/aromatic N) is 3. The van der Waals surface area contributed by atoms with E-state index in [2.05, 4.69) is 20.7 Å². The summed E-state index contributed by atoms with van der Waals surface area (Å²) < 4.78 is 2.22. The van der Waals surface area contributed by atoms with Crippen LogP contribution in [0.5, 0.6) is 0 Å². The third-order valence-electron chi connectivity index (χ3n) is 3.38. The molecule has 0 spiro atoms. The molecule has 25 heavy (non-hydrogen) atoms. The maximum Gasteiger partial charge on any atom is 0.313 e. The van der Waals surface area contributed by atoms with Crippen molar-refractivity contribution in [3.8, 4) is 5.69 Å². The predicted octanol–water partition coefficient (Wildman–Crippen LogP) is 2.80. The van der Waals surface area contributed by atoms with E-state index >= 15 is 0 Å². The first-order chi connectivity index (χ1) is 12.0. The molecule has 1 aromatic carbocycles. The molecule has 2 amide bonds. The normalized spacial score (nSPS) is 11.8. The maximum atomic E-state index is 12.0. The summed E-state index contributed by atoms with van der Waals surface area (Å²) in [6.45, 7) is 1.79. The Morgan fingerprint density at radius 1 is 1.16 bits per heavy atom. The summed E-state index contributed by atoms with van der Waals surface area (Å²) in [6, 6.07) is 10.2. The molecule has 9 heteroatoms. The Morgan fingerprint density at radius 2 is 1.92 bits per heavy atom. The summed E-state index contributed by atoms with van der Waals surface area (Å²) in [4.78, 5) is 28.8. The van der Waals surface area contributed by atoms with Gasteiger partial charge >= 0.3 is 11.8 Å². The van der Waals surface area contributed by atoms with Crippen molar-refractivity contribution < 1.29 is 9.59 Å². The zero-order valence-electron chi connectivity index (χ0n) is 13.1. The Kier molecular flexibility index (Phi) is 5.11. The van der Waals surface area contributed by atoms with Gasteiger partial charge in [-0.1, -0.05) is 11.6 Å². The van der Waals surface area contributed by atoms with Crippen LogP contribution in [-0.4, -0.2) is 26.6 Å². The number of hydrogen-bond acceptors (Lipinski definition) is 5. The van der Waals surface area contributed by atoms with Crippen LogP contribution in [0.3, 0.4) is 0 Å². The molecule has 7 nitrogen and oxygen atoms in total. The van der Waals surface area contributed by atoms with Gasteiger partial charge in [0, 0.05) is 10.6 Å². The first kappa shape index (κ1) is 17.1. The second kappa shape index (κ2) is 7.45. The zero-order chi connectivity index (χ0) is 17.8. The molecule has 3 rings (SSSR count). The lowest BCUT2D eigenvalue weighted by Crippen LogP contribution is -2.36. The Labute approximate surface area is 152 Å². The fraction of sp³-hybridized carbons (Fsp3) is 0.125. The van der Waals surface area contributed by atoms with Crippen LogP contribution in [0.1, 0.15) is 17.8 Å². The van der Waals surface area contributed by atoms with E-state index in [1.807, 2.05) is 6.07 Å². The molecule has 0 saturated carbocycles. The number of amides is 2. The fourth-order valence-corrected chi connectivity index (χ4v) is 3.18. The zero-order valence-corrected chi connectivity index (χ0v) is 14.7. The van der Waals surface area contributed by atoms with Crippen LogP contribution >= 0.6 is 22.9 Å². The molecule has 3 aromatic rings. The topological polar surface area (TPSA) is 88.9 Å². The van der Waals surface area contributed by atoms with Gasteiger partial charge in [0.2, 0.25) is 0 Å². The molecule has 0 aliphatic rings. The molecule has 2 N–H and O–H groups in total. The van der Waals surface area contributed by atoms with Crippen LogP contribution in [-0.2, 0) is 9.59 Å². The second-order valence-electron chi connectivity index (χ2n) is 5.18. The van der Waals surface area contributed by atoms with Crippen LogP contribution in [0.2, 0.25) is 4.34 Å². The smallest absolute Gasteiger partial charge is 0.313 e. The minimum atomic E-state index is -0.733. The largest absolute Gasteiger partial charge is 0.340 e. The van der Waals surface area contributed by atoms with E-state index in [-0.39, 0.29) is 6.04 Å². The average Bonchev–Trinajstić information content (AvgIpc) is 3.27. The van der Waals surface area contributed by atoms with Gasteiger partial charge in [0.15, 0.2) is 0 Å². The predicted molar refractivity (Wildman–Crippen MR) is 95.9 cm³/mol. The first-order valence-corrected chi connectivity index (χ1v) is 8.54. The summed E-state index contributed by atoms with van der Waals surface area (Å²) >= 11 is 7.24. The molecule has 0 saturated heterocycles. The van der Waals surface area contributed by atoms with Crippen molar-refractivity contribution >= 4 is 40.4 Å². The highest BCUT2D eigenvalue weighted by atomic mass is 35.5. The van der Waals surface area contributed by atoms with Crippen LogP contribution < -0.4 is 10.6 Å². The van der Waals surface area contributed by atoms with Gasteiger partial charge in [-0.05, 0) is 43.3 Å². The van der Waals surface area contributed by atoms with E-state index in [0.29, 0.717) is 10.0 Å². The molecule has 0 fully saturated rings. The van der Waals surface area contributed by atoms with E-state index < -0.39 is 11.8 Å². The molecule has 1 atom stereocenters. The number of carbonyl (C=O) groups is 2. The number of thiophene rings is 1. The van der Waals surface area contributed by atoms with Gasteiger partial charge in [-0.25, -0.2) is 9.67 Å². The van der Waals surface area contributed by atoms with E-state index in [9.17, 15) is 9.59 Å². The van der Waals surface area contributed by atoms with Crippen molar-refractivity contribution in [3.05, 3.63) is 58.3 Å². The van der Waals surface area contributed by atoms with Crippen molar-refractivity contribution in [2.45, 2.75) is 13.0 Å². The average molecular weight is 376 g/mol. The van der Waals surface area contributed by atoms with Gasteiger partial charge in [0.05, 0.1) is 16.1 Å². The van der Waals surface area contributed by atoms with E-state index in [1.165, 1.54) is 17.7 Å². The lowest BCUT2D eigenvalue weighted by atomic mass is 10.2. The number of anilines is 1. The molecule has 0 aliphatic carbocycles. The number of hydrogen-bond donors (Lipinski definition) is 2. The number of nitrogens with one attached hydrogen (secondary N) is 2. The highest BCUT2D eigenvalue weighted by Crippen LogP contribution is 2.26. The van der Waals surface area contributed by atoms with Crippen molar-refractivity contribution in [2.75, 3.05) is 5.32 Å². The van der Waals surface area contributed by atoms with Crippen LogP contribution in [0.15, 0.2) is 49.1 Å². The number of halogens is 1. The first-order valence-electron chi connectivity index (χ1n) is 7.35. The third-order valence-corrected chi connectivity index (χ3v) is 4.80. The Balaban J connectivity index is 1.58. The monoisotopic (exact) mass is 375 g/mol. The Hall–Kier alpha value is -2.71. The highest BCUT2D eigenvalue weighted by molar-refractivity contribution is 7.16. The number of aromatic nitrogens is 3. The summed E-state index contributed by atoms with van der Waals surface area (Å²) in [7, 11) is 0. The molecule has 128 valence electrons. The minimum absolute atomic E-state index is 0.301. The minimum Gasteiger partial charge on any atom is -0.340 e. The van der Waals surface area contributed by atoms with E-state index in [1.54, 1.807) is 48.3 Å². The highest BCUT2D eigenvalue weighted by Gasteiger charge is 2.18. The van der Waals surface area contributed by atoms with Gasteiger partial charge in [0.1, 0.15) is 12.7 Å². The van der Waals surface area contributed by atoms with Crippen molar-refractivity contribution in [3.63, 3.8) is 0 Å². The number of carbonyl (C=O) groups excluding carboxylic acids is 2. The van der Waals surface area contributed by atoms with Gasteiger partial charge in [-0.3, -0.25) is 9.59 Å². The van der Waals surface area contributed by atoms with Gasteiger partial charge < -0.3 is 10.6 Å². The molecule has 0 aliphatic heterocycles. The summed E-state index contributed by atoms with van der Waals surface area (Å²) in [5.74, 6) is -1.44. The number of benzene rings is 1. The van der Waals surface area contributed by atoms with Gasteiger partial charge in [-0.15, -0.1) is 11.3 Å². The summed E-state index contributed by atoms with van der Waals surface area (Å²) in [5, 5.41) is 9.21. The lowest BCUT2D eigenvalue weighted by Gasteiger charge is -2.12. The molecule has 2 heterocycles. The maximum absolute atomic E-state index is 12.0. The van der Waals surface area contributed by atoms with Crippen LogP contribution in [0, 0.1) is 0 Å². The quantitative estimate of drug-likeness (QED) is 0.686. The molecular formula is C16H14ClN5O2S.